The van der Waals surface area contributed by atoms with Crippen LogP contribution in [0.4, 0.5) is 4.39 Å². The molecule has 0 aliphatic carbocycles. The number of nitrogens with zero attached hydrogens (tertiary/aromatic N) is 1. The Morgan fingerprint density at radius 3 is 2.72 bits per heavy atom. The van der Waals surface area contributed by atoms with Crippen molar-refractivity contribution in [3.63, 3.8) is 0 Å². The van der Waals surface area contributed by atoms with E-state index >= 15 is 0 Å². The van der Waals surface area contributed by atoms with Crippen molar-refractivity contribution in [2.45, 2.75) is 6.92 Å². The highest BCUT2D eigenvalue weighted by atomic mass is 35.5. The highest BCUT2D eigenvalue weighted by molar-refractivity contribution is 6.31. The molecule has 2 nitrogen and oxygen atoms in total. The Morgan fingerprint density at radius 2 is 2.06 bits per heavy atom. The van der Waals surface area contributed by atoms with Gasteiger partial charge in [0.25, 0.3) is 0 Å². The van der Waals surface area contributed by atoms with E-state index in [9.17, 15) is 4.39 Å². The van der Waals surface area contributed by atoms with Crippen LogP contribution in [0, 0.1) is 24.1 Å². The molecular formula is C14H9ClFNO. The molecule has 0 aromatic heterocycles. The Kier molecular flexibility index (Phi) is 3.50. The van der Waals surface area contributed by atoms with E-state index in [1.165, 1.54) is 12.1 Å². The van der Waals surface area contributed by atoms with Crippen LogP contribution in [0.2, 0.25) is 5.02 Å². The molecule has 0 fully saturated rings. The zero-order valence-electron chi connectivity index (χ0n) is 9.58. The Labute approximate surface area is 109 Å². The molecule has 2 rings (SSSR count). The predicted octanol–water partition coefficient (Wildman–Crippen LogP) is 4.45. The summed E-state index contributed by atoms with van der Waals surface area (Å²) in [4.78, 5) is 0. The molecule has 2 aromatic rings. The van der Waals surface area contributed by atoms with Crippen LogP contribution in [0.15, 0.2) is 36.4 Å². The number of nitriles is 1. The van der Waals surface area contributed by atoms with E-state index in [2.05, 4.69) is 0 Å². The van der Waals surface area contributed by atoms with Crippen LogP contribution in [0.3, 0.4) is 0 Å². The summed E-state index contributed by atoms with van der Waals surface area (Å²) in [6.07, 6.45) is 0. The third-order valence-corrected chi connectivity index (χ3v) is 2.87. The summed E-state index contributed by atoms with van der Waals surface area (Å²) >= 11 is 5.90. The molecule has 90 valence electrons. The summed E-state index contributed by atoms with van der Waals surface area (Å²) in [5.41, 5.74) is 0.745. The fourth-order valence-corrected chi connectivity index (χ4v) is 1.62. The quantitative estimate of drug-likeness (QED) is 0.800. The third kappa shape index (κ3) is 2.44. The fraction of sp³-hybridized carbons (Fsp3) is 0.0714. The maximum atomic E-state index is 13.4. The topological polar surface area (TPSA) is 33.0 Å². The zero-order valence-corrected chi connectivity index (χ0v) is 10.3. The van der Waals surface area contributed by atoms with Crippen molar-refractivity contribution < 1.29 is 9.13 Å². The highest BCUT2D eigenvalue weighted by Crippen LogP contribution is 2.29. The molecule has 0 aliphatic rings. The molecule has 18 heavy (non-hydrogen) atoms. The van der Waals surface area contributed by atoms with Gasteiger partial charge in [-0.15, -0.1) is 0 Å². The van der Waals surface area contributed by atoms with Crippen LogP contribution >= 0.6 is 11.6 Å². The summed E-state index contributed by atoms with van der Waals surface area (Å²) in [7, 11) is 0. The Bertz CT molecular complexity index is 634. The van der Waals surface area contributed by atoms with Crippen LogP contribution in [-0.2, 0) is 0 Å². The lowest BCUT2D eigenvalue weighted by atomic mass is 10.2. The number of hydrogen-bond donors (Lipinski definition) is 0. The van der Waals surface area contributed by atoms with Crippen molar-refractivity contribution in [3.05, 3.63) is 58.4 Å². The number of halogens is 2. The number of ether oxygens (including phenoxy) is 1. The van der Waals surface area contributed by atoms with Crippen LogP contribution in [0.5, 0.6) is 11.5 Å². The molecule has 0 radical (unpaired) electrons. The Balaban J connectivity index is 2.37. The monoisotopic (exact) mass is 261 g/mol. The lowest BCUT2D eigenvalue weighted by Gasteiger charge is -2.08. The minimum Gasteiger partial charge on any atom is -0.456 e. The van der Waals surface area contributed by atoms with Crippen LogP contribution in [0.25, 0.3) is 0 Å². The van der Waals surface area contributed by atoms with E-state index < -0.39 is 5.82 Å². The van der Waals surface area contributed by atoms with Crippen LogP contribution < -0.4 is 4.74 Å². The van der Waals surface area contributed by atoms with Gasteiger partial charge in [-0.3, -0.25) is 0 Å². The SMILES string of the molecule is Cc1cc(Oc2cccc(F)c2C#N)ccc1Cl. The molecule has 0 amide bonds. The molecule has 0 bridgehead atoms. The highest BCUT2D eigenvalue weighted by Gasteiger charge is 2.10. The maximum Gasteiger partial charge on any atom is 0.148 e. The van der Waals surface area contributed by atoms with Gasteiger partial charge in [-0.25, -0.2) is 4.39 Å². The molecule has 0 aliphatic heterocycles. The van der Waals surface area contributed by atoms with Gasteiger partial charge in [-0.05, 0) is 42.8 Å². The smallest absolute Gasteiger partial charge is 0.148 e. The first-order valence-corrected chi connectivity index (χ1v) is 5.62. The first-order chi connectivity index (χ1) is 8.61. The average molecular weight is 262 g/mol. The number of rotatable bonds is 2. The molecule has 0 saturated carbocycles. The molecule has 0 heterocycles. The zero-order chi connectivity index (χ0) is 13.1. The fourth-order valence-electron chi connectivity index (χ4n) is 1.51. The van der Waals surface area contributed by atoms with Gasteiger partial charge in [0.05, 0.1) is 0 Å². The van der Waals surface area contributed by atoms with E-state index in [1.54, 1.807) is 30.3 Å². The number of benzene rings is 2. The van der Waals surface area contributed by atoms with E-state index in [-0.39, 0.29) is 11.3 Å². The molecule has 0 atom stereocenters. The summed E-state index contributed by atoms with van der Waals surface area (Å²) in [6.45, 7) is 1.84. The normalized spacial score (nSPS) is 9.89. The summed E-state index contributed by atoms with van der Waals surface area (Å²) in [5, 5.41) is 9.51. The van der Waals surface area contributed by atoms with Crippen molar-refractivity contribution in [3.8, 4) is 17.6 Å². The van der Waals surface area contributed by atoms with Gasteiger partial charge in [0.15, 0.2) is 0 Å². The van der Waals surface area contributed by atoms with Crippen molar-refractivity contribution in [2.75, 3.05) is 0 Å². The molecule has 2 aromatic carbocycles. The molecule has 4 heteroatoms. The summed E-state index contributed by atoms with van der Waals surface area (Å²) in [6, 6.07) is 11.1. The minimum atomic E-state index is -0.597. The van der Waals surface area contributed by atoms with Crippen molar-refractivity contribution in [1.82, 2.24) is 0 Å². The van der Waals surface area contributed by atoms with Crippen LogP contribution in [-0.4, -0.2) is 0 Å². The second kappa shape index (κ2) is 5.07. The molecule has 0 spiro atoms. The molecule has 0 saturated heterocycles. The van der Waals surface area contributed by atoms with Crippen molar-refractivity contribution in [1.29, 1.82) is 5.26 Å². The lowest BCUT2D eigenvalue weighted by Crippen LogP contribution is -1.91. The second-order valence-electron chi connectivity index (χ2n) is 3.74. The second-order valence-corrected chi connectivity index (χ2v) is 4.15. The largest absolute Gasteiger partial charge is 0.456 e. The van der Waals surface area contributed by atoms with Gasteiger partial charge in [0.2, 0.25) is 0 Å². The number of aryl methyl sites for hydroxylation is 1. The molecule has 0 N–H and O–H groups in total. The maximum absolute atomic E-state index is 13.4. The van der Waals surface area contributed by atoms with Gasteiger partial charge in [-0.1, -0.05) is 17.7 Å². The Morgan fingerprint density at radius 1 is 1.28 bits per heavy atom. The Hall–Kier alpha value is -2.05. The first-order valence-electron chi connectivity index (χ1n) is 5.24. The third-order valence-electron chi connectivity index (χ3n) is 2.44. The standard InChI is InChI=1S/C14H9ClFNO/c1-9-7-10(5-6-12(9)15)18-14-4-2-3-13(16)11(14)8-17/h2-7H,1H3. The van der Waals surface area contributed by atoms with E-state index in [0.29, 0.717) is 10.8 Å². The van der Waals surface area contributed by atoms with Gasteiger partial charge in [0.1, 0.15) is 28.9 Å². The van der Waals surface area contributed by atoms with Gasteiger partial charge in [-0.2, -0.15) is 5.26 Å². The molecule has 0 unspecified atom stereocenters. The van der Waals surface area contributed by atoms with Crippen LogP contribution in [0.1, 0.15) is 11.1 Å². The minimum absolute atomic E-state index is 0.106. The lowest BCUT2D eigenvalue weighted by molar-refractivity contribution is 0.474. The van der Waals surface area contributed by atoms with Crippen molar-refractivity contribution in [2.24, 2.45) is 0 Å². The number of hydrogen-bond acceptors (Lipinski definition) is 2. The first kappa shape index (κ1) is 12.4. The van der Waals surface area contributed by atoms with E-state index in [0.717, 1.165) is 5.56 Å². The van der Waals surface area contributed by atoms with Gasteiger partial charge in [0, 0.05) is 5.02 Å². The van der Waals surface area contributed by atoms with Gasteiger partial charge < -0.3 is 4.74 Å². The summed E-state index contributed by atoms with van der Waals surface area (Å²) < 4.78 is 18.9. The summed E-state index contributed by atoms with van der Waals surface area (Å²) in [5.74, 6) is 0.110. The van der Waals surface area contributed by atoms with Gasteiger partial charge >= 0.3 is 0 Å². The molecular weight excluding hydrogens is 253 g/mol. The van der Waals surface area contributed by atoms with Crippen molar-refractivity contribution >= 4 is 11.6 Å². The van der Waals surface area contributed by atoms with E-state index in [1.807, 2.05) is 6.92 Å². The van der Waals surface area contributed by atoms with E-state index in [4.69, 9.17) is 21.6 Å². The average Bonchev–Trinajstić information content (AvgIpc) is 2.34. The predicted molar refractivity (Wildman–Crippen MR) is 67.4 cm³/mol.